The standard InChI is InChI=1S/C46H54O2S/c1-31(35-15-21-39-41(29-35)45(7,8)25-23-43(39,3)4)27-33-11-17-37(18-12-33)49(47,48)38-19-13-34(14-20-38)28-32(2)36-16-22-40-42(30-36)46(9,10)26-24-44(40,5)6/h11-22,27-30H,23-26H2,1-10H3/b31-27+,32-28+. The molecular weight excluding hydrogens is 617 g/mol. The van der Waals surface area contributed by atoms with Crippen LogP contribution in [-0.2, 0) is 31.5 Å². The van der Waals surface area contributed by atoms with Gasteiger partial charge in [0, 0.05) is 0 Å². The monoisotopic (exact) mass is 670 g/mol. The Morgan fingerprint density at radius 1 is 0.469 bits per heavy atom. The first-order chi connectivity index (χ1) is 22.8. The molecule has 0 atom stereocenters. The molecule has 0 bridgehead atoms. The molecule has 0 saturated heterocycles. The molecule has 49 heavy (non-hydrogen) atoms. The summed E-state index contributed by atoms with van der Waals surface area (Å²) in [5.74, 6) is 0. The second-order valence-electron chi connectivity index (χ2n) is 17.4. The van der Waals surface area contributed by atoms with Crippen molar-refractivity contribution in [3.8, 4) is 0 Å². The number of sulfone groups is 1. The van der Waals surface area contributed by atoms with Gasteiger partial charge in [-0.05, 0) is 141 Å². The zero-order chi connectivity index (χ0) is 35.6. The molecule has 6 rings (SSSR count). The molecule has 3 heteroatoms. The molecule has 0 radical (unpaired) electrons. The summed E-state index contributed by atoms with van der Waals surface area (Å²) in [6.07, 6.45) is 9.05. The molecule has 4 aromatic carbocycles. The first-order valence-corrected chi connectivity index (χ1v) is 19.4. The SMILES string of the molecule is C/C(=C\c1ccc(S(=O)(=O)c2ccc(/C=C(\C)c3ccc4c(c3)C(C)(C)CCC4(C)C)cc2)cc1)c1ccc2c(c1)C(C)(C)CCC2(C)C. The van der Waals surface area contributed by atoms with Crippen molar-refractivity contribution < 1.29 is 8.42 Å². The minimum absolute atomic E-state index is 0.154. The molecular formula is C46H54O2S. The van der Waals surface area contributed by atoms with Crippen molar-refractivity contribution in [1.82, 2.24) is 0 Å². The number of hydrogen-bond acceptors (Lipinski definition) is 2. The van der Waals surface area contributed by atoms with Gasteiger partial charge in [0.05, 0.1) is 9.79 Å². The summed E-state index contributed by atoms with van der Waals surface area (Å²) in [6.45, 7) is 23.1. The first kappa shape index (κ1) is 35.1. The van der Waals surface area contributed by atoms with Crippen LogP contribution in [0.3, 0.4) is 0 Å². The highest BCUT2D eigenvalue weighted by Crippen LogP contribution is 2.47. The number of fused-ring (bicyclic) bond motifs is 2. The summed E-state index contributed by atoms with van der Waals surface area (Å²) in [7, 11) is -3.64. The van der Waals surface area contributed by atoms with Gasteiger partial charge in [-0.1, -0.05) is 128 Å². The smallest absolute Gasteiger partial charge is 0.206 e. The Morgan fingerprint density at radius 2 is 0.776 bits per heavy atom. The van der Waals surface area contributed by atoms with E-state index in [-0.39, 0.29) is 21.7 Å². The van der Waals surface area contributed by atoms with Crippen LogP contribution in [0.15, 0.2) is 94.7 Å². The summed E-state index contributed by atoms with van der Waals surface area (Å²) < 4.78 is 27.2. The van der Waals surface area contributed by atoms with Crippen LogP contribution < -0.4 is 0 Å². The van der Waals surface area contributed by atoms with Gasteiger partial charge in [-0.3, -0.25) is 0 Å². The molecule has 0 unspecified atom stereocenters. The predicted octanol–water partition coefficient (Wildman–Crippen LogP) is 12.3. The zero-order valence-electron chi connectivity index (χ0n) is 31.3. The highest BCUT2D eigenvalue weighted by atomic mass is 32.2. The Morgan fingerprint density at radius 3 is 1.10 bits per heavy atom. The summed E-state index contributed by atoms with van der Waals surface area (Å²) in [5, 5.41) is 0. The van der Waals surface area contributed by atoms with E-state index in [0.717, 1.165) is 11.1 Å². The Kier molecular flexibility index (Phi) is 8.80. The van der Waals surface area contributed by atoms with E-state index in [1.807, 2.05) is 24.3 Å². The second kappa shape index (κ2) is 12.3. The van der Waals surface area contributed by atoms with Crippen molar-refractivity contribution >= 4 is 33.1 Å². The van der Waals surface area contributed by atoms with Crippen LogP contribution in [0.2, 0.25) is 0 Å². The fraction of sp³-hybridized carbons (Fsp3) is 0.391. The third kappa shape index (κ3) is 6.76. The quantitative estimate of drug-likeness (QED) is 0.191. The predicted molar refractivity (Wildman–Crippen MR) is 209 cm³/mol. The van der Waals surface area contributed by atoms with Gasteiger partial charge in [-0.2, -0.15) is 0 Å². The lowest BCUT2D eigenvalue weighted by atomic mass is 9.63. The van der Waals surface area contributed by atoms with Gasteiger partial charge >= 0.3 is 0 Å². The van der Waals surface area contributed by atoms with Crippen LogP contribution in [0.4, 0.5) is 0 Å². The average molecular weight is 671 g/mol. The summed E-state index contributed by atoms with van der Waals surface area (Å²) in [5.41, 5.74) is 13.2. The van der Waals surface area contributed by atoms with Gasteiger partial charge in [-0.25, -0.2) is 8.42 Å². The molecule has 2 aliphatic carbocycles. The molecule has 0 aromatic heterocycles. The number of rotatable bonds is 6. The second-order valence-corrected chi connectivity index (χ2v) is 19.3. The summed E-state index contributed by atoms with van der Waals surface area (Å²) in [6, 6.07) is 28.4. The van der Waals surface area contributed by atoms with Crippen molar-refractivity contribution in [2.75, 3.05) is 0 Å². The average Bonchev–Trinajstić information content (AvgIpc) is 3.05. The molecule has 256 valence electrons. The maximum Gasteiger partial charge on any atom is 0.206 e. The Balaban J connectivity index is 1.19. The molecule has 0 heterocycles. The fourth-order valence-corrected chi connectivity index (χ4v) is 9.22. The van der Waals surface area contributed by atoms with Gasteiger partial charge < -0.3 is 0 Å². The lowest BCUT2D eigenvalue weighted by Crippen LogP contribution is -2.33. The first-order valence-electron chi connectivity index (χ1n) is 17.9. The topological polar surface area (TPSA) is 34.1 Å². The van der Waals surface area contributed by atoms with Gasteiger partial charge in [0.15, 0.2) is 0 Å². The molecule has 2 aliphatic rings. The van der Waals surface area contributed by atoms with Crippen LogP contribution in [0.25, 0.3) is 23.3 Å². The van der Waals surface area contributed by atoms with Crippen molar-refractivity contribution in [2.24, 2.45) is 0 Å². The maximum absolute atomic E-state index is 13.6. The molecule has 0 N–H and O–H groups in total. The molecule has 0 fully saturated rings. The minimum atomic E-state index is -3.64. The van der Waals surface area contributed by atoms with E-state index in [1.165, 1.54) is 70.2 Å². The van der Waals surface area contributed by atoms with E-state index < -0.39 is 9.84 Å². The lowest BCUT2D eigenvalue weighted by molar-refractivity contribution is 0.332. The van der Waals surface area contributed by atoms with Crippen molar-refractivity contribution in [3.63, 3.8) is 0 Å². The van der Waals surface area contributed by atoms with Crippen LogP contribution >= 0.6 is 0 Å². The normalized spacial score (nSPS) is 19.6. The summed E-state index contributed by atoms with van der Waals surface area (Å²) in [4.78, 5) is 0.610. The Hall–Kier alpha value is -3.69. The molecule has 0 aliphatic heterocycles. The van der Waals surface area contributed by atoms with Crippen LogP contribution in [-0.4, -0.2) is 8.42 Å². The molecule has 0 saturated carbocycles. The highest BCUT2D eigenvalue weighted by molar-refractivity contribution is 7.91. The van der Waals surface area contributed by atoms with Crippen molar-refractivity contribution in [2.45, 2.75) is 126 Å². The number of benzene rings is 4. The van der Waals surface area contributed by atoms with Crippen molar-refractivity contribution in [1.29, 1.82) is 0 Å². The van der Waals surface area contributed by atoms with Crippen LogP contribution in [0, 0.1) is 0 Å². The van der Waals surface area contributed by atoms with Crippen LogP contribution in [0.5, 0.6) is 0 Å². The largest absolute Gasteiger partial charge is 0.219 e. The lowest BCUT2D eigenvalue weighted by Gasteiger charge is -2.42. The number of allylic oxidation sites excluding steroid dienone is 2. The van der Waals surface area contributed by atoms with E-state index in [1.54, 1.807) is 24.3 Å². The highest BCUT2D eigenvalue weighted by Gasteiger charge is 2.38. The maximum atomic E-state index is 13.6. The number of hydrogen-bond donors (Lipinski definition) is 0. The van der Waals surface area contributed by atoms with Crippen LogP contribution in [0.1, 0.15) is 139 Å². The molecule has 2 nitrogen and oxygen atoms in total. The van der Waals surface area contributed by atoms with Crippen molar-refractivity contribution in [3.05, 3.63) is 129 Å². The van der Waals surface area contributed by atoms with E-state index in [2.05, 4.69) is 118 Å². The Labute approximate surface area is 296 Å². The van der Waals surface area contributed by atoms with Gasteiger partial charge in [-0.15, -0.1) is 0 Å². The molecule has 4 aromatic rings. The van der Waals surface area contributed by atoms with E-state index in [4.69, 9.17) is 0 Å². The molecule has 0 amide bonds. The third-order valence-electron chi connectivity index (χ3n) is 11.8. The van der Waals surface area contributed by atoms with E-state index >= 15 is 0 Å². The third-order valence-corrected chi connectivity index (χ3v) is 13.5. The van der Waals surface area contributed by atoms with E-state index in [9.17, 15) is 8.42 Å². The fourth-order valence-electron chi connectivity index (χ4n) is 7.96. The zero-order valence-corrected chi connectivity index (χ0v) is 32.1. The van der Waals surface area contributed by atoms with Gasteiger partial charge in [0.25, 0.3) is 0 Å². The van der Waals surface area contributed by atoms with E-state index in [0.29, 0.717) is 9.79 Å². The summed E-state index contributed by atoms with van der Waals surface area (Å²) >= 11 is 0. The minimum Gasteiger partial charge on any atom is -0.219 e. The Bertz CT molecular complexity index is 1920. The van der Waals surface area contributed by atoms with Gasteiger partial charge in [0.1, 0.15) is 0 Å². The molecule has 0 spiro atoms. The van der Waals surface area contributed by atoms with Gasteiger partial charge in [0.2, 0.25) is 9.84 Å².